The summed E-state index contributed by atoms with van der Waals surface area (Å²) in [5.41, 5.74) is 2.58. The summed E-state index contributed by atoms with van der Waals surface area (Å²) in [6.07, 6.45) is 3.65. The first-order chi connectivity index (χ1) is 15.0. The molecule has 0 bridgehead atoms. The van der Waals surface area contributed by atoms with Crippen molar-refractivity contribution in [2.75, 3.05) is 26.8 Å². The van der Waals surface area contributed by atoms with Gasteiger partial charge in [-0.15, -0.1) is 0 Å². The molecule has 0 N–H and O–H groups in total. The van der Waals surface area contributed by atoms with Gasteiger partial charge in [0.1, 0.15) is 5.75 Å². The molecular weight excluding hydrogens is 390 g/mol. The van der Waals surface area contributed by atoms with Crippen molar-refractivity contribution >= 4 is 5.91 Å². The highest BCUT2D eigenvalue weighted by Gasteiger charge is 2.45. The zero-order valence-electron chi connectivity index (χ0n) is 18.8. The molecule has 0 unspecified atom stereocenters. The SMILES string of the molecule is CCO[C@@H]1C[C@H](c2ccccc2)OC2(CCN(C(=O)c3cccc(OC)c3C)CC2)C1. The van der Waals surface area contributed by atoms with Crippen LogP contribution in [0.15, 0.2) is 48.5 Å². The number of nitrogens with zero attached hydrogens (tertiary/aromatic N) is 1. The van der Waals surface area contributed by atoms with Crippen molar-refractivity contribution in [1.82, 2.24) is 4.90 Å². The summed E-state index contributed by atoms with van der Waals surface area (Å²) in [6, 6.07) is 16.1. The van der Waals surface area contributed by atoms with E-state index >= 15 is 0 Å². The smallest absolute Gasteiger partial charge is 0.254 e. The molecule has 1 spiro atoms. The zero-order chi connectivity index (χ0) is 21.8. The van der Waals surface area contributed by atoms with Gasteiger partial charge in [-0.05, 0) is 44.4 Å². The molecule has 5 heteroatoms. The van der Waals surface area contributed by atoms with Crippen LogP contribution in [-0.4, -0.2) is 49.3 Å². The lowest BCUT2D eigenvalue weighted by atomic mass is 9.80. The molecule has 0 saturated carbocycles. The van der Waals surface area contributed by atoms with E-state index in [0.29, 0.717) is 25.3 Å². The Morgan fingerprint density at radius 2 is 1.87 bits per heavy atom. The van der Waals surface area contributed by atoms with Crippen LogP contribution in [-0.2, 0) is 9.47 Å². The summed E-state index contributed by atoms with van der Waals surface area (Å²) in [4.78, 5) is 15.2. The number of likely N-dealkylation sites (tertiary alicyclic amines) is 1. The Bertz CT molecular complexity index is 890. The minimum absolute atomic E-state index is 0.0365. The Hall–Kier alpha value is -2.37. The standard InChI is InChI=1S/C26H33NO4/c1-4-30-21-17-24(20-9-6-5-7-10-20)31-26(18-21)13-15-27(16-14-26)25(28)22-11-8-12-23(29-3)19(22)2/h5-12,21,24H,4,13-18H2,1-3H3/t21-,24-/m1/s1. The first-order valence-electron chi connectivity index (χ1n) is 11.3. The van der Waals surface area contributed by atoms with Crippen LogP contribution in [0.1, 0.15) is 60.2 Å². The van der Waals surface area contributed by atoms with Crippen LogP contribution < -0.4 is 4.74 Å². The van der Waals surface area contributed by atoms with Crippen molar-refractivity contribution in [3.63, 3.8) is 0 Å². The van der Waals surface area contributed by atoms with Gasteiger partial charge in [0.2, 0.25) is 0 Å². The monoisotopic (exact) mass is 423 g/mol. The van der Waals surface area contributed by atoms with Crippen LogP contribution in [0.25, 0.3) is 0 Å². The van der Waals surface area contributed by atoms with E-state index in [4.69, 9.17) is 14.2 Å². The maximum absolute atomic E-state index is 13.2. The summed E-state index contributed by atoms with van der Waals surface area (Å²) in [6.45, 7) is 6.09. The molecular formula is C26H33NO4. The quantitative estimate of drug-likeness (QED) is 0.684. The van der Waals surface area contributed by atoms with Crippen molar-refractivity contribution in [1.29, 1.82) is 0 Å². The maximum Gasteiger partial charge on any atom is 0.254 e. The molecule has 0 aliphatic carbocycles. The van der Waals surface area contributed by atoms with E-state index in [9.17, 15) is 4.79 Å². The molecule has 2 saturated heterocycles. The van der Waals surface area contributed by atoms with E-state index in [1.54, 1.807) is 7.11 Å². The molecule has 2 aromatic carbocycles. The highest BCUT2D eigenvalue weighted by atomic mass is 16.5. The normalized spacial score (nSPS) is 23.0. The second-order valence-corrected chi connectivity index (χ2v) is 8.64. The van der Waals surface area contributed by atoms with Gasteiger partial charge in [0, 0.05) is 43.7 Å². The molecule has 1 amide bonds. The number of carbonyl (C=O) groups is 1. The fourth-order valence-electron chi connectivity index (χ4n) is 5.05. The van der Waals surface area contributed by atoms with Crippen molar-refractivity contribution < 1.29 is 19.0 Å². The summed E-state index contributed by atoms with van der Waals surface area (Å²) in [5.74, 6) is 0.822. The van der Waals surface area contributed by atoms with Crippen molar-refractivity contribution in [2.24, 2.45) is 0 Å². The van der Waals surface area contributed by atoms with E-state index in [0.717, 1.165) is 37.0 Å². The largest absolute Gasteiger partial charge is 0.496 e. The van der Waals surface area contributed by atoms with Gasteiger partial charge < -0.3 is 19.1 Å². The van der Waals surface area contributed by atoms with Gasteiger partial charge in [-0.2, -0.15) is 0 Å². The zero-order valence-corrected chi connectivity index (χ0v) is 18.8. The minimum Gasteiger partial charge on any atom is -0.496 e. The van der Waals surface area contributed by atoms with E-state index in [-0.39, 0.29) is 23.7 Å². The Morgan fingerprint density at radius 3 is 2.55 bits per heavy atom. The third kappa shape index (κ3) is 4.63. The topological polar surface area (TPSA) is 48.0 Å². The van der Waals surface area contributed by atoms with Crippen LogP contribution in [0.2, 0.25) is 0 Å². The molecule has 2 aromatic rings. The average Bonchev–Trinajstić information content (AvgIpc) is 2.80. The summed E-state index contributed by atoms with van der Waals surface area (Å²) >= 11 is 0. The number of hydrogen-bond acceptors (Lipinski definition) is 4. The molecule has 0 radical (unpaired) electrons. The van der Waals surface area contributed by atoms with Gasteiger partial charge in [-0.3, -0.25) is 4.79 Å². The van der Waals surface area contributed by atoms with Crippen molar-refractivity contribution in [3.05, 3.63) is 65.2 Å². The van der Waals surface area contributed by atoms with Crippen LogP contribution in [0, 0.1) is 6.92 Å². The maximum atomic E-state index is 13.2. The average molecular weight is 424 g/mol. The number of rotatable bonds is 5. The molecule has 2 heterocycles. The molecule has 2 atom stereocenters. The second-order valence-electron chi connectivity index (χ2n) is 8.64. The molecule has 5 nitrogen and oxygen atoms in total. The van der Waals surface area contributed by atoms with Gasteiger partial charge in [0.25, 0.3) is 5.91 Å². The third-order valence-electron chi connectivity index (χ3n) is 6.74. The Kier molecular flexibility index (Phi) is 6.63. The lowest BCUT2D eigenvalue weighted by Crippen LogP contribution is -2.52. The second kappa shape index (κ2) is 9.41. The van der Waals surface area contributed by atoms with Crippen molar-refractivity contribution in [3.8, 4) is 5.75 Å². The summed E-state index contributed by atoms with van der Waals surface area (Å²) in [7, 11) is 1.64. The van der Waals surface area contributed by atoms with E-state index in [2.05, 4.69) is 31.2 Å². The molecule has 31 heavy (non-hydrogen) atoms. The fourth-order valence-corrected chi connectivity index (χ4v) is 5.05. The predicted octanol–water partition coefficient (Wildman–Crippen LogP) is 4.94. The highest BCUT2D eigenvalue weighted by Crippen LogP contribution is 2.44. The molecule has 0 aromatic heterocycles. The van der Waals surface area contributed by atoms with Gasteiger partial charge in [0.05, 0.1) is 24.9 Å². The van der Waals surface area contributed by atoms with E-state index < -0.39 is 0 Å². The molecule has 2 aliphatic rings. The number of amides is 1. The van der Waals surface area contributed by atoms with Gasteiger partial charge in [-0.25, -0.2) is 0 Å². The number of benzene rings is 2. The molecule has 2 aliphatic heterocycles. The molecule has 4 rings (SSSR count). The minimum atomic E-state index is -0.237. The first-order valence-corrected chi connectivity index (χ1v) is 11.3. The Balaban J connectivity index is 1.48. The predicted molar refractivity (Wildman–Crippen MR) is 121 cm³/mol. The molecule has 166 valence electrons. The Morgan fingerprint density at radius 1 is 1.13 bits per heavy atom. The van der Waals surface area contributed by atoms with Crippen LogP contribution in [0.4, 0.5) is 0 Å². The van der Waals surface area contributed by atoms with Gasteiger partial charge in [0.15, 0.2) is 0 Å². The Labute approximate surface area is 185 Å². The highest BCUT2D eigenvalue weighted by molar-refractivity contribution is 5.96. The fraction of sp³-hybridized carbons (Fsp3) is 0.500. The van der Waals surface area contributed by atoms with Gasteiger partial charge >= 0.3 is 0 Å². The lowest BCUT2D eigenvalue weighted by Gasteiger charge is -2.49. The van der Waals surface area contributed by atoms with Crippen LogP contribution in [0.3, 0.4) is 0 Å². The molecule has 2 fully saturated rings. The summed E-state index contributed by atoms with van der Waals surface area (Å²) < 4.78 is 18.2. The summed E-state index contributed by atoms with van der Waals surface area (Å²) in [5, 5.41) is 0. The van der Waals surface area contributed by atoms with E-state index in [1.165, 1.54) is 5.56 Å². The number of carbonyl (C=O) groups excluding carboxylic acids is 1. The number of ether oxygens (including phenoxy) is 3. The van der Waals surface area contributed by atoms with Gasteiger partial charge in [-0.1, -0.05) is 36.4 Å². The van der Waals surface area contributed by atoms with Crippen LogP contribution in [0.5, 0.6) is 5.75 Å². The number of hydrogen-bond donors (Lipinski definition) is 0. The van der Waals surface area contributed by atoms with Crippen LogP contribution >= 0.6 is 0 Å². The lowest BCUT2D eigenvalue weighted by molar-refractivity contribution is -0.190. The first kappa shape index (κ1) is 21.8. The van der Waals surface area contributed by atoms with E-state index in [1.807, 2.05) is 36.1 Å². The number of piperidine rings is 1. The third-order valence-corrected chi connectivity index (χ3v) is 6.74. The van der Waals surface area contributed by atoms with Crippen molar-refractivity contribution in [2.45, 2.75) is 57.3 Å². The number of methoxy groups -OCH3 is 1.